The zero-order chi connectivity index (χ0) is 10.2. The van der Waals surface area contributed by atoms with Crippen molar-refractivity contribution in [1.29, 1.82) is 0 Å². The molecule has 4 fully saturated rings. The van der Waals surface area contributed by atoms with E-state index >= 15 is 0 Å². The topological polar surface area (TPSA) is 18.5 Å². The van der Waals surface area contributed by atoms with E-state index in [2.05, 4.69) is 27.7 Å². The Morgan fingerprint density at radius 1 is 0.929 bits per heavy atom. The Labute approximate surface area is 97.8 Å². The van der Waals surface area contributed by atoms with E-state index in [0.29, 0.717) is 34.2 Å². The summed E-state index contributed by atoms with van der Waals surface area (Å²) in [5.74, 6) is -0.281. The van der Waals surface area contributed by atoms with Crippen LogP contribution in [0.25, 0.3) is 0 Å². The van der Waals surface area contributed by atoms with Crippen molar-refractivity contribution in [1.82, 2.24) is 0 Å². The molecule has 0 spiro atoms. The van der Waals surface area contributed by atoms with E-state index in [9.17, 15) is 0 Å². The molecule has 4 unspecified atom stereocenters. The van der Waals surface area contributed by atoms with Crippen molar-refractivity contribution in [2.45, 2.75) is 58.5 Å². The third kappa shape index (κ3) is 1.36. The van der Waals surface area contributed by atoms with Crippen molar-refractivity contribution in [3.05, 3.63) is 0 Å². The summed E-state index contributed by atoms with van der Waals surface area (Å²) in [4.78, 5) is 0. The number of ether oxygens (including phenoxy) is 2. The van der Waals surface area contributed by atoms with Gasteiger partial charge in [0, 0.05) is 0 Å². The van der Waals surface area contributed by atoms with Gasteiger partial charge in [0.05, 0.1) is 0 Å². The van der Waals surface area contributed by atoms with Gasteiger partial charge in [-0.25, -0.2) is 0 Å². The molecule has 4 atom stereocenters. The summed E-state index contributed by atoms with van der Waals surface area (Å²) in [6.07, 6.45) is 2.36. The minimum atomic E-state index is -0.281. The van der Waals surface area contributed by atoms with Crippen LogP contribution in [0.1, 0.15) is 40.5 Å². The molecule has 0 aromatic heterocycles. The van der Waals surface area contributed by atoms with Crippen LogP contribution in [0.15, 0.2) is 0 Å². The van der Waals surface area contributed by atoms with E-state index in [4.69, 9.17) is 9.47 Å². The minimum absolute atomic E-state index is 0.141. The second-order valence-electron chi connectivity index (χ2n) is 5.34. The van der Waals surface area contributed by atoms with Crippen LogP contribution in [0.5, 0.6) is 0 Å². The van der Waals surface area contributed by atoms with E-state index in [1.54, 1.807) is 0 Å². The van der Waals surface area contributed by atoms with E-state index in [1.807, 2.05) is 0 Å². The number of hydrogen-bond donors (Lipinski definition) is 0. The van der Waals surface area contributed by atoms with Gasteiger partial charge < -0.3 is 0 Å². The molecule has 0 saturated carbocycles. The SMILES string of the molecule is CC12CC3(C)CC(C)(O1)[Se]C(C)(O2)[Se]3. The first-order valence-electron chi connectivity index (χ1n) is 5.05. The molecule has 4 aliphatic rings. The number of hydrogen-bond acceptors (Lipinski definition) is 2. The first kappa shape index (κ1) is 10.1. The van der Waals surface area contributed by atoms with Gasteiger partial charge in [0.15, 0.2) is 0 Å². The van der Waals surface area contributed by atoms with Crippen LogP contribution in [0.3, 0.4) is 0 Å². The Hall–Kier alpha value is 0.959. The first-order valence-corrected chi connectivity index (χ1v) is 8.47. The molecule has 4 aliphatic heterocycles. The molecule has 4 heterocycles. The summed E-state index contributed by atoms with van der Waals surface area (Å²) in [6.45, 7) is 9.16. The molecule has 0 N–H and O–H groups in total. The summed E-state index contributed by atoms with van der Waals surface area (Å²) in [5.41, 5.74) is 0. The van der Waals surface area contributed by atoms with Crippen LogP contribution >= 0.6 is 0 Å². The molecule has 0 aliphatic carbocycles. The maximum absolute atomic E-state index is 6.16. The second kappa shape index (κ2) is 2.45. The standard InChI is InChI=1S/C10H16O2Se2/c1-7-5-8(2)11-9(3,6-7)14-10(4,12-8)13-7/h5-6H2,1-4H3. The summed E-state index contributed by atoms with van der Waals surface area (Å²) in [6, 6.07) is 0. The van der Waals surface area contributed by atoms with Gasteiger partial charge in [-0.2, -0.15) is 0 Å². The van der Waals surface area contributed by atoms with Crippen LogP contribution in [0.4, 0.5) is 0 Å². The molecule has 4 bridgehead atoms. The van der Waals surface area contributed by atoms with Gasteiger partial charge >= 0.3 is 97.9 Å². The van der Waals surface area contributed by atoms with Crippen molar-refractivity contribution in [2.24, 2.45) is 0 Å². The Balaban J connectivity index is 2.08. The van der Waals surface area contributed by atoms with E-state index in [-0.39, 0.29) is 13.7 Å². The van der Waals surface area contributed by atoms with Gasteiger partial charge in [-0.1, -0.05) is 0 Å². The first-order chi connectivity index (χ1) is 6.24. The number of rotatable bonds is 0. The van der Waals surface area contributed by atoms with Gasteiger partial charge in [0.1, 0.15) is 0 Å². The molecular weight excluding hydrogens is 310 g/mol. The van der Waals surface area contributed by atoms with Crippen molar-refractivity contribution >= 4 is 29.9 Å². The summed E-state index contributed by atoms with van der Waals surface area (Å²) < 4.78 is 13.1. The molecule has 80 valence electrons. The average Bonchev–Trinajstić information content (AvgIpc) is 1.67. The monoisotopic (exact) mass is 328 g/mol. The quantitative estimate of drug-likeness (QED) is 0.629. The van der Waals surface area contributed by atoms with E-state index in [0.717, 1.165) is 6.42 Å². The van der Waals surface area contributed by atoms with Crippen LogP contribution in [0.2, 0.25) is 4.31 Å². The van der Waals surface area contributed by atoms with Crippen LogP contribution in [-0.4, -0.2) is 43.6 Å². The third-order valence-electron chi connectivity index (χ3n) is 3.06. The molecule has 0 radical (unpaired) electrons. The Morgan fingerprint density at radius 3 is 2.14 bits per heavy atom. The molecular formula is C10H16O2Se2. The van der Waals surface area contributed by atoms with Crippen LogP contribution in [-0.2, 0) is 9.47 Å². The second-order valence-corrected chi connectivity index (χ2v) is 14.7. The molecule has 4 saturated heterocycles. The van der Waals surface area contributed by atoms with Gasteiger partial charge in [-0.15, -0.1) is 0 Å². The summed E-state index contributed by atoms with van der Waals surface area (Å²) >= 11 is 1.11. The van der Waals surface area contributed by atoms with Crippen molar-refractivity contribution < 1.29 is 9.47 Å². The van der Waals surface area contributed by atoms with Gasteiger partial charge in [-0.05, 0) is 0 Å². The van der Waals surface area contributed by atoms with Gasteiger partial charge in [0.25, 0.3) is 0 Å². The van der Waals surface area contributed by atoms with E-state index in [1.165, 1.54) is 6.42 Å². The predicted octanol–water partition coefficient (Wildman–Crippen LogP) is 1.53. The molecule has 14 heavy (non-hydrogen) atoms. The van der Waals surface area contributed by atoms with Crippen LogP contribution < -0.4 is 0 Å². The fraction of sp³-hybridized carbons (Fsp3) is 1.00. The maximum atomic E-state index is 6.16. The zero-order valence-electron chi connectivity index (χ0n) is 9.05. The van der Waals surface area contributed by atoms with Crippen LogP contribution in [0, 0.1) is 0 Å². The molecule has 2 nitrogen and oxygen atoms in total. The van der Waals surface area contributed by atoms with Gasteiger partial charge in [-0.3, -0.25) is 0 Å². The Morgan fingerprint density at radius 2 is 1.64 bits per heavy atom. The normalized spacial score (nSPS) is 66.0. The predicted molar refractivity (Wildman–Crippen MR) is 56.5 cm³/mol. The van der Waals surface area contributed by atoms with Gasteiger partial charge in [0.2, 0.25) is 0 Å². The summed E-state index contributed by atoms with van der Waals surface area (Å²) in [5, 5.41) is 0. The third-order valence-corrected chi connectivity index (χ3v) is 9.80. The summed E-state index contributed by atoms with van der Waals surface area (Å²) in [7, 11) is 0. The molecule has 4 heteroatoms. The Kier molecular flexibility index (Phi) is 1.77. The molecule has 0 aromatic rings. The van der Waals surface area contributed by atoms with E-state index < -0.39 is 0 Å². The van der Waals surface area contributed by atoms with Crippen molar-refractivity contribution in [3.63, 3.8) is 0 Å². The zero-order valence-corrected chi connectivity index (χ0v) is 12.5. The van der Waals surface area contributed by atoms with Crippen molar-refractivity contribution in [3.8, 4) is 0 Å². The molecule has 4 rings (SSSR count). The average molecular weight is 326 g/mol. The fourth-order valence-electron chi connectivity index (χ4n) is 3.43. The molecule has 0 amide bonds. The Bertz CT molecular complexity index is 209. The fourth-order valence-corrected chi connectivity index (χ4v) is 15.7. The van der Waals surface area contributed by atoms with Crippen molar-refractivity contribution in [2.75, 3.05) is 0 Å². The molecule has 0 aromatic carbocycles.